The second kappa shape index (κ2) is 9.07. The average Bonchev–Trinajstić information content (AvgIpc) is 3.04. The minimum absolute atomic E-state index is 0.0261. The van der Waals surface area contributed by atoms with Gasteiger partial charge >= 0.3 is 0 Å². The molecule has 0 radical (unpaired) electrons. The summed E-state index contributed by atoms with van der Waals surface area (Å²) in [4.78, 5) is 13.1. The number of carbonyl (C=O) groups excluding carboxylic acids is 1. The quantitative estimate of drug-likeness (QED) is 0.592. The van der Waals surface area contributed by atoms with E-state index in [2.05, 4.69) is 5.32 Å². The molecule has 1 saturated heterocycles. The van der Waals surface area contributed by atoms with Gasteiger partial charge in [0.15, 0.2) is 0 Å². The molecule has 0 bridgehead atoms. The van der Waals surface area contributed by atoms with E-state index in [1.807, 2.05) is 30.5 Å². The third-order valence-corrected chi connectivity index (χ3v) is 4.17. The molecule has 1 N–H and O–H groups in total. The Hall–Kier alpha value is -1.04. The van der Waals surface area contributed by atoms with Crippen LogP contribution in [0.1, 0.15) is 29.6 Å². The third-order valence-electron chi connectivity index (χ3n) is 3.43. The van der Waals surface area contributed by atoms with E-state index in [1.54, 1.807) is 11.8 Å². The van der Waals surface area contributed by atoms with Crippen LogP contribution in [0.5, 0.6) is 0 Å². The summed E-state index contributed by atoms with van der Waals surface area (Å²) >= 11 is 1.67. The maximum absolute atomic E-state index is 11.9. The molecule has 21 heavy (non-hydrogen) atoms. The average molecular weight is 309 g/mol. The fraction of sp³-hybridized carbons (Fsp3) is 0.562. The predicted octanol–water partition coefficient (Wildman–Crippen LogP) is 2.72. The molecule has 1 unspecified atom stereocenters. The molecule has 1 aliphatic rings. The molecular weight excluding hydrogens is 286 g/mol. The molecule has 0 saturated carbocycles. The molecule has 116 valence electrons. The van der Waals surface area contributed by atoms with Gasteiger partial charge < -0.3 is 14.8 Å². The Kier molecular flexibility index (Phi) is 7.06. The maximum atomic E-state index is 11.9. The number of ether oxygens (including phenoxy) is 2. The van der Waals surface area contributed by atoms with Crippen LogP contribution in [0.3, 0.4) is 0 Å². The van der Waals surface area contributed by atoms with E-state index in [-0.39, 0.29) is 12.0 Å². The lowest BCUT2D eigenvalue weighted by molar-refractivity contribution is 0.0166. The summed E-state index contributed by atoms with van der Waals surface area (Å²) in [5.74, 6) is -0.0261. The van der Waals surface area contributed by atoms with Gasteiger partial charge in [-0.05, 0) is 49.8 Å². The van der Waals surface area contributed by atoms with Gasteiger partial charge in [-0.3, -0.25) is 4.79 Å². The Morgan fingerprint density at radius 1 is 1.43 bits per heavy atom. The van der Waals surface area contributed by atoms with Gasteiger partial charge in [-0.15, -0.1) is 11.8 Å². The zero-order chi connectivity index (χ0) is 14.9. The molecule has 1 heterocycles. The lowest BCUT2D eigenvalue weighted by Gasteiger charge is -2.10. The predicted molar refractivity (Wildman–Crippen MR) is 85.0 cm³/mol. The number of rotatable bonds is 8. The normalized spacial score (nSPS) is 17.9. The highest BCUT2D eigenvalue weighted by atomic mass is 32.2. The Labute approximate surface area is 130 Å². The van der Waals surface area contributed by atoms with Crippen molar-refractivity contribution in [3.05, 3.63) is 29.8 Å². The Balaban J connectivity index is 1.55. The van der Waals surface area contributed by atoms with Gasteiger partial charge in [0, 0.05) is 30.2 Å². The van der Waals surface area contributed by atoms with Gasteiger partial charge in [0.1, 0.15) is 0 Å². The fourth-order valence-electron chi connectivity index (χ4n) is 2.21. The minimum atomic E-state index is -0.0261. The van der Waals surface area contributed by atoms with Crippen molar-refractivity contribution in [2.75, 3.05) is 32.6 Å². The van der Waals surface area contributed by atoms with Crippen LogP contribution in [0.25, 0.3) is 0 Å². The van der Waals surface area contributed by atoms with Gasteiger partial charge in [0.25, 0.3) is 5.91 Å². The van der Waals surface area contributed by atoms with E-state index in [0.717, 1.165) is 30.8 Å². The highest BCUT2D eigenvalue weighted by Crippen LogP contribution is 2.14. The van der Waals surface area contributed by atoms with E-state index in [0.29, 0.717) is 25.3 Å². The first-order valence-corrected chi connectivity index (χ1v) is 8.63. The monoisotopic (exact) mass is 309 g/mol. The van der Waals surface area contributed by atoms with Crippen LogP contribution in [-0.4, -0.2) is 44.6 Å². The van der Waals surface area contributed by atoms with Crippen LogP contribution >= 0.6 is 11.8 Å². The van der Waals surface area contributed by atoms with Gasteiger partial charge in [0.2, 0.25) is 0 Å². The lowest BCUT2D eigenvalue weighted by atomic mass is 10.2. The smallest absolute Gasteiger partial charge is 0.251 e. The molecule has 1 atom stereocenters. The Morgan fingerprint density at radius 3 is 2.90 bits per heavy atom. The van der Waals surface area contributed by atoms with E-state index in [4.69, 9.17) is 9.47 Å². The molecule has 0 aromatic heterocycles. The second-order valence-electron chi connectivity index (χ2n) is 5.05. The second-order valence-corrected chi connectivity index (χ2v) is 5.93. The molecule has 0 spiro atoms. The molecule has 4 nitrogen and oxygen atoms in total. The molecule has 5 heteroatoms. The van der Waals surface area contributed by atoms with E-state index < -0.39 is 0 Å². The maximum Gasteiger partial charge on any atom is 0.251 e. The van der Waals surface area contributed by atoms with E-state index in [1.165, 1.54) is 0 Å². The summed E-state index contributed by atoms with van der Waals surface area (Å²) in [7, 11) is 0. The van der Waals surface area contributed by atoms with Crippen molar-refractivity contribution >= 4 is 17.7 Å². The largest absolute Gasteiger partial charge is 0.379 e. The Morgan fingerprint density at radius 2 is 2.24 bits per heavy atom. The van der Waals surface area contributed by atoms with Gasteiger partial charge in [-0.2, -0.15) is 0 Å². The van der Waals surface area contributed by atoms with Crippen molar-refractivity contribution in [2.45, 2.75) is 30.3 Å². The van der Waals surface area contributed by atoms with Crippen molar-refractivity contribution in [2.24, 2.45) is 0 Å². The number of benzene rings is 1. The first kappa shape index (κ1) is 16.3. The summed E-state index contributed by atoms with van der Waals surface area (Å²) in [6.07, 6.45) is 5.35. The summed E-state index contributed by atoms with van der Waals surface area (Å²) in [6, 6.07) is 7.64. The van der Waals surface area contributed by atoms with E-state index >= 15 is 0 Å². The summed E-state index contributed by atoms with van der Waals surface area (Å²) in [5.41, 5.74) is 0.702. The zero-order valence-corrected chi connectivity index (χ0v) is 13.3. The van der Waals surface area contributed by atoms with Crippen LogP contribution in [-0.2, 0) is 9.47 Å². The summed E-state index contributed by atoms with van der Waals surface area (Å²) in [6.45, 7) is 2.82. The van der Waals surface area contributed by atoms with Crippen LogP contribution in [0.4, 0.5) is 0 Å². The van der Waals surface area contributed by atoms with Gasteiger partial charge in [0.05, 0.1) is 12.7 Å². The first-order chi connectivity index (χ1) is 10.3. The topological polar surface area (TPSA) is 47.6 Å². The van der Waals surface area contributed by atoms with Crippen molar-refractivity contribution in [1.82, 2.24) is 5.32 Å². The number of nitrogens with one attached hydrogen (secondary N) is 1. The highest BCUT2D eigenvalue weighted by Gasteiger charge is 2.14. The van der Waals surface area contributed by atoms with E-state index in [9.17, 15) is 4.79 Å². The molecule has 1 aliphatic heterocycles. The Bertz CT molecular complexity index is 430. The number of hydrogen-bond donors (Lipinski definition) is 1. The fourth-order valence-corrected chi connectivity index (χ4v) is 2.62. The molecule has 0 aliphatic carbocycles. The number of hydrogen-bond acceptors (Lipinski definition) is 4. The molecule has 1 fully saturated rings. The third kappa shape index (κ3) is 5.69. The van der Waals surface area contributed by atoms with Gasteiger partial charge in [-0.1, -0.05) is 0 Å². The van der Waals surface area contributed by atoms with Crippen LogP contribution in [0.15, 0.2) is 29.2 Å². The zero-order valence-electron chi connectivity index (χ0n) is 12.5. The number of carbonyl (C=O) groups is 1. The van der Waals surface area contributed by atoms with Crippen molar-refractivity contribution < 1.29 is 14.3 Å². The molecule has 1 aromatic rings. The van der Waals surface area contributed by atoms with Crippen LogP contribution in [0.2, 0.25) is 0 Å². The molecule has 2 rings (SSSR count). The van der Waals surface area contributed by atoms with Gasteiger partial charge in [-0.25, -0.2) is 0 Å². The standard InChI is InChI=1S/C16H23NO3S/c1-21-15-7-5-13(6-8-15)16(18)17-9-3-10-19-12-14-4-2-11-20-14/h5-8,14H,2-4,9-12H2,1H3,(H,17,18). The molecule has 1 amide bonds. The SMILES string of the molecule is CSc1ccc(C(=O)NCCCOCC2CCCO2)cc1. The molecular formula is C16H23NO3S. The minimum Gasteiger partial charge on any atom is -0.379 e. The highest BCUT2D eigenvalue weighted by molar-refractivity contribution is 7.98. The van der Waals surface area contributed by atoms with Crippen molar-refractivity contribution in [3.63, 3.8) is 0 Å². The van der Waals surface area contributed by atoms with Crippen molar-refractivity contribution in [1.29, 1.82) is 0 Å². The molecule has 1 aromatic carbocycles. The summed E-state index contributed by atoms with van der Waals surface area (Å²) < 4.78 is 11.0. The summed E-state index contributed by atoms with van der Waals surface area (Å²) in [5, 5.41) is 2.91. The van der Waals surface area contributed by atoms with Crippen molar-refractivity contribution in [3.8, 4) is 0 Å². The lowest BCUT2D eigenvalue weighted by Crippen LogP contribution is -2.25. The van der Waals surface area contributed by atoms with Crippen LogP contribution < -0.4 is 5.32 Å². The number of thioether (sulfide) groups is 1. The van der Waals surface area contributed by atoms with Crippen LogP contribution in [0, 0.1) is 0 Å². The first-order valence-electron chi connectivity index (χ1n) is 7.41. The number of amides is 1.